The van der Waals surface area contributed by atoms with E-state index in [9.17, 15) is 5.26 Å². The molecule has 0 fully saturated rings. The van der Waals surface area contributed by atoms with Gasteiger partial charge in [0, 0.05) is 31.1 Å². The van der Waals surface area contributed by atoms with E-state index < -0.39 is 0 Å². The number of benzene rings is 1. The molecule has 2 N–H and O–H groups in total. The Morgan fingerprint density at radius 3 is 2.93 bits per heavy atom. The summed E-state index contributed by atoms with van der Waals surface area (Å²) in [5.41, 5.74) is 8.88. The predicted molar refractivity (Wildman–Crippen MR) is 112 cm³/mol. The minimum absolute atomic E-state index is 0.403. The topological polar surface area (TPSA) is 102 Å². The zero-order valence-electron chi connectivity index (χ0n) is 16.4. The number of rotatable bonds is 10. The number of aliphatic imine (C=N–C) groups is 2. The van der Waals surface area contributed by atoms with E-state index in [1.165, 1.54) is 0 Å². The Morgan fingerprint density at radius 1 is 1.43 bits per heavy atom. The van der Waals surface area contributed by atoms with Crippen LogP contribution in [0, 0.1) is 11.3 Å². The molecular formula is C21H26N6O. The first-order valence-corrected chi connectivity index (χ1v) is 9.19. The number of aromatic nitrogens is 2. The molecule has 0 radical (unpaired) electrons. The molecule has 0 spiro atoms. The molecule has 1 heterocycles. The van der Waals surface area contributed by atoms with E-state index in [1.54, 1.807) is 29.2 Å². The summed E-state index contributed by atoms with van der Waals surface area (Å²) >= 11 is 0. The van der Waals surface area contributed by atoms with Crippen molar-refractivity contribution in [2.45, 2.75) is 32.7 Å². The Bertz CT molecular complexity index is 904. The van der Waals surface area contributed by atoms with Crippen LogP contribution in [0.3, 0.4) is 0 Å². The van der Waals surface area contributed by atoms with Crippen molar-refractivity contribution in [1.82, 2.24) is 9.78 Å². The van der Waals surface area contributed by atoms with Crippen molar-refractivity contribution in [2.75, 3.05) is 6.54 Å². The largest absolute Gasteiger partial charge is 0.439 e. The lowest BCUT2D eigenvalue weighted by Crippen LogP contribution is -2.01. The molecule has 0 saturated heterocycles. The summed E-state index contributed by atoms with van der Waals surface area (Å²) in [5.74, 6) is 1.22. The summed E-state index contributed by atoms with van der Waals surface area (Å²) in [6.45, 7) is 6.49. The highest BCUT2D eigenvalue weighted by Gasteiger charge is 2.11. The second-order valence-electron chi connectivity index (χ2n) is 6.28. The minimum atomic E-state index is 0.403. The normalized spacial score (nSPS) is 11.6. The lowest BCUT2D eigenvalue weighted by Gasteiger charge is -2.10. The van der Waals surface area contributed by atoms with Crippen LogP contribution in [-0.4, -0.2) is 29.3 Å². The van der Waals surface area contributed by atoms with E-state index in [0.29, 0.717) is 36.7 Å². The van der Waals surface area contributed by atoms with Crippen molar-refractivity contribution in [3.8, 4) is 17.7 Å². The molecule has 1 aromatic heterocycles. The van der Waals surface area contributed by atoms with Crippen LogP contribution in [0.1, 0.15) is 36.6 Å². The highest BCUT2D eigenvalue weighted by molar-refractivity contribution is 5.78. The zero-order valence-corrected chi connectivity index (χ0v) is 16.4. The smallest absolute Gasteiger partial charge is 0.217 e. The monoisotopic (exact) mass is 378 g/mol. The number of nitrogens with zero attached hydrogens (tertiary/aromatic N) is 5. The average molecular weight is 378 g/mol. The molecule has 0 aliphatic heterocycles. The van der Waals surface area contributed by atoms with Gasteiger partial charge in [0.25, 0.3) is 0 Å². The highest BCUT2D eigenvalue weighted by atomic mass is 16.5. The fourth-order valence-corrected chi connectivity index (χ4v) is 2.65. The molecule has 0 aliphatic carbocycles. The van der Waals surface area contributed by atoms with Gasteiger partial charge in [0.2, 0.25) is 5.88 Å². The first-order valence-electron chi connectivity index (χ1n) is 9.19. The summed E-state index contributed by atoms with van der Waals surface area (Å²) in [6.07, 6.45) is 5.97. The first kappa shape index (κ1) is 21.1. The third kappa shape index (κ3) is 5.89. The van der Waals surface area contributed by atoms with Gasteiger partial charge in [0.1, 0.15) is 5.75 Å². The van der Waals surface area contributed by atoms with Gasteiger partial charge < -0.3 is 10.5 Å². The molecule has 0 unspecified atom stereocenters. The summed E-state index contributed by atoms with van der Waals surface area (Å²) in [7, 11) is 1.84. The minimum Gasteiger partial charge on any atom is -0.439 e. The van der Waals surface area contributed by atoms with E-state index in [-0.39, 0.29) is 0 Å². The van der Waals surface area contributed by atoms with Crippen LogP contribution in [0.5, 0.6) is 11.6 Å². The van der Waals surface area contributed by atoms with Crippen LogP contribution < -0.4 is 10.5 Å². The molecule has 7 nitrogen and oxygen atoms in total. The molecule has 0 amide bonds. The van der Waals surface area contributed by atoms with Gasteiger partial charge >= 0.3 is 0 Å². The number of hydrogen-bond donors (Lipinski definition) is 1. The van der Waals surface area contributed by atoms with Gasteiger partial charge in [0.05, 0.1) is 23.9 Å². The maximum Gasteiger partial charge on any atom is 0.217 e. The van der Waals surface area contributed by atoms with Gasteiger partial charge in [-0.3, -0.25) is 9.98 Å². The number of aryl methyl sites for hydroxylation is 2. The summed E-state index contributed by atoms with van der Waals surface area (Å²) in [6, 6.07) is 9.40. The third-order valence-corrected chi connectivity index (χ3v) is 4.01. The zero-order chi connectivity index (χ0) is 20.4. The predicted octanol–water partition coefficient (Wildman–Crippen LogP) is 3.54. The van der Waals surface area contributed by atoms with Crippen LogP contribution in [0.2, 0.25) is 0 Å². The first-order chi connectivity index (χ1) is 13.6. The number of nitriles is 1. The third-order valence-electron chi connectivity index (χ3n) is 4.01. The fraction of sp³-hybridized carbons (Fsp3) is 0.333. The van der Waals surface area contributed by atoms with E-state index in [0.717, 1.165) is 29.7 Å². The van der Waals surface area contributed by atoms with E-state index >= 15 is 0 Å². The molecule has 2 aromatic rings. The van der Waals surface area contributed by atoms with Crippen LogP contribution in [0.15, 0.2) is 46.0 Å². The fourth-order valence-electron chi connectivity index (χ4n) is 2.65. The molecule has 0 atom stereocenters. The summed E-state index contributed by atoms with van der Waals surface area (Å²) in [4.78, 5) is 8.25. The van der Waals surface area contributed by atoms with Gasteiger partial charge in [-0.15, -0.1) is 0 Å². The average Bonchev–Trinajstić information content (AvgIpc) is 3.02. The van der Waals surface area contributed by atoms with Crippen molar-refractivity contribution >= 4 is 12.9 Å². The van der Waals surface area contributed by atoms with Gasteiger partial charge in [-0.2, -0.15) is 10.4 Å². The van der Waals surface area contributed by atoms with Gasteiger partial charge in [-0.1, -0.05) is 19.4 Å². The summed E-state index contributed by atoms with van der Waals surface area (Å²) in [5, 5.41) is 13.7. The van der Waals surface area contributed by atoms with Crippen molar-refractivity contribution in [3.05, 3.63) is 52.9 Å². The molecular weight excluding hydrogens is 352 g/mol. The quantitative estimate of drug-likeness (QED) is 0.639. The molecule has 146 valence electrons. The Hall–Kier alpha value is -3.24. The number of hydrogen-bond acceptors (Lipinski definition) is 6. The molecule has 2 rings (SSSR count). The van der Waals surface area contributed by atoms with E-state index in [1.807, 2.05) is 19.2 Å². The lowest BCUT2D eigenvalue weighted by molar-refractivity contribution is 0.426. The Morgan fingerprint density at radius 2 is 2.25 bits per heavy atom. The molecule has 28 heavy (non-hydrogen) atoms. The van der Waals surface area contributed by atoms with E-state index in [4.69, 9.17) is 10.5 Å². The van der Waals surface area contributed by atoms with E-state index in [2.05, 4.69) is 34.8 Å². The standard InChI is InChI=1S/C21H26N6O/c1-4-5-19-11-21(27(3)26-19)28-20-10-16(12-23)6-7-18(20)15-25-14-17(8-9-22)13-24-2/h6-7,10-11,13-14H,2,4-5,8-9,15,22H2,1,3H3/b17-13-,25-14-. The van der Waals surface area contributed by atoms with Crippen molar-refractivity contribution in [3.63, 3.8) is 0 Å². The van der Waals surface area contributed by atoms with Gasteiger partial charge in [-0.05, 0) is 43.8 Å². The molecule has 7 heteroatoms. The number of nitrogens with two attached hydrogens (primary N) is 1. The van der Waals surface area contributed by atoms with Crippen LogP contribution >= 0.6 is 0 Å². The van der Waals surface area contributed by atoms with Crippen LogP contribution in [0.4, 0.5) is 0 Å². The molecule has 1 aromatic carbocycles. The Labute approximate surface area is 165 Å². The Kier molecular flexibility index (Phi) is 8.12. The Balaban J connectivity index is 2.25. The van der Waals surface area contributed by atoms with Gasteiger partial charge in [0.15, 0.2) is 0 Å². The van der Waals surface area contributed by atoms with Crippen molar-refractivity contribution in [1.29, 1.82) is 5.26 Å². The van der Waals surface area contributed by atoms with Gasteiger partial charge in [-0.25, -0.2) is 4.68 Å². The van der Waals surface area contributed by atoms with Crippen LogP contribution in [0.25, 0.3) is 0 Å². The second kappa shape index (κ2) is 10.8. The summed E-state index contributed by atoms with van der Waals surface area (Å²) < 4.78 is 7.78. The maximum absolute atomic E-state index is 9.23. The van der Waals surface area contributed by atoms with Crippen molar-refractivity contribution < 1.29 is 4.74 Å². The lowest BCUT2D eigenvalue weighted by atomic mass is 10.1. The second-order valence-corrected chi connectivity index (χ2v) is 6.28. The molecule has 0 aliphatic rings. The van der Waals surface area contributed by atoms with Crippen LogP contribution in [-0.2, 0) is 20.0 Å². The maximum atomic E-state index is 9.23. The SMILES string of the molecule is C=N/C=C(\C=N/Cc1ccc(C#N)cc1Oc1cc(CCC)nn1C)CCN. The number of ether oxygens (including phenoxy) is 1. The molecule has 0 saturated carbocycles. The van der Waals surface area contributed by atoms with Crippen molar-refractivity contribution in [2.24, 2.45) is 22.8 Å². The highest BCUT2D eigenvalue weighted by Crippen LogP contribution is 2.28. The molecule has 0 bridgehead atoms.